The molecular weight excluding hydrogens is 298 g/mol. The fourth-order valence-electron chi connectivity index (χ4n) is 2.88. The molecular formula is C15H21N5O3. The van der Waals surface area contributed by atoms with E-state index in [1.807, 2.05) is 24.9 Å². The third-order valence-electron chi connectivity index (χ3n) is 4.13. The Morgan fingerprint density at radius 1 is 1.30 bits per heavy atom. The Kier molecular flexibility index (Phi) is 3.97. The first-order chi connectivity index (χ1) is 11.0. The number of hydrogen-bond donors (Lipinski definition) is 1. The number of hydrogen-bond acceptors (Lipinski definition) is 6. The van der Waals surface area contributed by atoms with Crippen molar-refractivity contribution in [2.75, 3.05) is 23.9 Å². The summed E-state index contributed by atoms with van der Waals surface area (Å²) in [6.45, 7) is 2.80. The molecule has 2 aromatic heterocycles. The molecule has 1 aliphatic rings. The van der Waals surface area contributed by atoms with Crippen LogP contribution in [0.2, 0.25) is 0 Å². The van der Waals surface area contributed by atoms with Crippen LogP contribution in [0.25, 0.3) is 0 Å². The Morgan fingerprint density at radius 3 is 2.78 bits per heavy atom. The van der Waals surface area contributed by atoms with E-state index in [9.17, 15) is 9.59 Å². The summed E-state index contributed by atoms with van der Waals surface area (Å²) in [5, 5.41) is 7.02. The predicted molar refractivity (Wildman–Crippen MR) is 87.0 cm³/mol. The zero-order valence-electron chi connectivity index (χ0n) is 13.6. The van der Waals surface area contributed by atoms with Crippen molar-refractivity contribution in [2.45, 2.75) is 32.7 Å². The average Bonchev–Trinajstić information content (AvgIpc) is 3.10. The van der Waals surface area contributed by atoms with Crippen molar-refractivity contribution in [1.82, 2.24) is 14.3 Å². The van der Waals surface area contributed by atoms with Gasteiger partial charge in [-0.15, -0.1) is 0 Å². The topological polar surface area (TPSA) is 85.3 Å². The minimum absolute atomic E-state index is 0.229. The van der Waals surface area contributed by atoms with Crippen LogP contribution in [0.4, 0.5) is 11.5 Å². The normalized spacial score (nSPS) is 13.3. The third-order valence-corrected chi connectivity index (χ3v) is 4.13. The number of nitrogens with one attached hydrogen (secondary N) is 1. The molecule has 1 aliphatic heterocycles. The van der Waals surface area contributed by atoms with Crippen LogP contribution in [0.5, 0.6) is 0 Å². The van der Waals surface area contributed by atoms with Crippen LogP contribution in [0.15, 0.2) is 20.2 Å². The molecule has 23 heavy (non-hydrogen) atoms. The summed E-state index contributed by atoms with van der Waals surface area (Å²) in [6, 6.07) is 1.90. The van der Waals surface area contributed by atoms with Crippen LogP contribution in [0, 0.1) is 6.92 Å². The lowest BCUT2D eigenvalue weighted by atomic mass is 10.2. The van der Waals surface area contributed by atoms with Crippen LogP contribution < -0.4 is 21.5 Å². The maximum absolute atomic E-state index is 12.6. The summed E-state index contributed by atoms with van der Waals surface area (Å²) in [7, 11) is 3.52. The molecule has 8 nitrogen and oxygen atoms in total. The Hall–Kier alpha value is -2.51. The van der Waals surface area contributed by atoms with Gasteiger partial charge in [0.15, 0.2) is 0 Å². The second-order valence-corrected chi connectivity index (χ2v) is 5.91. The number of aromatic nitrogens is 3. The summed E-state index contributed by atoms with van der Waals surface area (Å²) >= 11 is 0. The van der Waals surface area contributed by atoms with Crippen LogP contribution in [-0.4, -0.2) is 28.0 Å². The molecule has 0 amide bonds. The van der Waals surface area contributed by atoms with Gasteiger partial charge in [-0.2, -0.15) is 0 Å². The summed E-state index contributed by atoms with van der Waals surface area (Å²) in [5.74, 6) is 1.39. The summed E-state index contributed by atoms with van der Waals surface area (Å²) < 4.78 is 7.84. The lowest BCUT2D eigenvalue weighted by Gasteiger charge is -2.13. The first-order valence-electron chi connectivity index (χ1n) is 7.70. The van der Waals surface area contributed by atoms with Crippen molar-refractivity contribution in [1.29, 1.82) is 0 Å². The molecule has 0 unspecified atom stereocenters. The lowest BCUT2D eigenvalue weighted by molar-refractivity contribution is 0.389. The zero-order valence-corrected chi connectivity index (χ0v) is 13.6. The molecule has 0 bridgehead atoms. The van der Waals surface area contributed by atoms with Gasteiger partial charge in [-0.3, -0.25) is 13.9 Å². The molecule has 1 N–H and O–H groups in total. The molecule has 0 aromatic carbocycles. The van der Waals surface area contributed by atoms with Crippen molar-refractivity contribution >= 4 is 11.5 Å². The molecule has 2 aromatic rings. The van der Waals surface area contributed by atoms with Gasteiger partial charge >= 0.3 is 5.69 Å². The minimum atomic E-state index is -0.283. The predicted octanol–water partition coefficient (Wildman–Crippen LogP) is 0.686. The Labute approximate surface area is 133 Å². The van der Waals surface area contributed by atoms with Gasteiger partial charge < -0.3 is 14.7 Å². The summed E-state index contributed by atoms with van der Waals surface area (Å²) in [5.41, 5.74) is 0.946. The van der Waals surface area contributed by atoms with Crippen molar-refractivity contribution in [2.24, 2.45) is 7.05 Å². The second kappa shape index (κ2) is 5.94. The molecule has 0 radical (unpaired) electrons. The molecule has 0 aliphatic carbocycles. The van der Waals surface area contributed by atoms with Gasteiger partial charge in [0.05, 0.1) is 12.4 Å². The molecule has 3 rings (SSSR count). The van der Waals surface area contributed by atoms with Gasteiger partial charge in [-0.25, -0.2) is 4.79 Å². The van der Waals surface area contributed by atoms with E-state index in [4.69, 9.17) is 4.52 Å². The maximum Gasteiger partial charge on any atom is 0.332 e. The van der Waals surface area contributed by atoms with E-state index in [-0.39, 0.29) is 11.2 Å². The number of rotatable bonds is 5. The van der Waals surface area contributed by atoms with Crippen LogP contribution in [-0.2, 0) is 20.0 Å². The molecule has 0 saturated carbocycles. The molecule has 124 valence electrons. The number of anilines is 2. The monoisotopic (exact) mass is 319 g/mol. The van der Waals surface area contributed by atoms with Gasteiger partial charge in [-0.05, 0) is 26.2 Å². The quantitative estimate of drug-likeness (QED) is 0.816. The first-order valence-corrected chi connectivity index (χ1v) is 7.70. The van der Waals surface area contributed by atoms with E-state index in [1.165, 1.54) is 9.13 Å². The van der Waals surface area contributed by atoms with E-state index in [0.717, 1.165) is 30.7 Å². The Balaban J connectivity index is 1.73. The van der Waals surface area contributed by atoms with Gasteiger partial charge in [-0.1, -0.05) is 5.16 Å². The fourth-order valence-corrected chi connectivity index (χ4v) is 2.88. The minimum Gasteiger partial charge on any atom is -0.361 e. The number of fused-ring (bicyclic) bond motifs is 1. The van der Waals surface area contributed by atoms with E-state index in [1.54, 1.807) is 7.05 Å². The number of aryl methyl sites for hydroxylation is 2. The summed E-state index contributed by atoms with van der Waals surface area (Å²) in [4.78, 5) is 26.7. The highest BCUT2D eigenvalue weighted by Gasteiger charge is 2.24. The van der Waals surface area contributed by atoms with Crippen LogP contribution >= 0.6 is 0 Å². The number of nitrogens with zero attached hydrogens (tertiary/aromatic N) is 4. The highest BCUT2D eigenvalue weighted by molar-refractivity contribution is 5.69. The van der Waals surface area contributed by atoms with Crippen molar-refractivity contribution < 1.29 is 4.52 Å². The second-order valence-electron chi connectivity index (χ2n) is 5.91. The standard InChI is InChI=1S/C15H21N5O3/c1-10-8-11(17-23-10)6-4-5-7-20-14(21)12-13(16-9-18(12)2)19(3)15(20)22/h8,16H,4-7,9H2,1-3H3. The Bertz CT molecular complexity index is 833. The molecule has 0 fully saturated rings. The third kappa shape index (κ3) is 2.76. The van der Waals surface area contributed by atoms with E-state index < -0.39 is 0 Å². The van der Waals surface area contributed by atoms with Crippen molar-refractivity contribution in [3.05, 3.63) is 38.4 Å². The summed E-state index contributed by atoms with van der Waals surface area (Å²) in [6.07, 6.45) is 2.35. The van der Waals surface area contributed by atoms with Crippen molar-refractivity contribution in [3.8, 4) is 0 Å². The smallest absolute Gasteiger partial charge is 0.332 e. The van der Waals surface area contributed by atoms with E-state index in [0.29, 0.717) is 24.7 Å². The molecule has 0 atom stereocenters. The lowest BCUT2D eigenvalue weighted by Crippen LogP contribution is -2.40. The van der Waals surface area contributed by atoms with Gasteiger partial charge in [0.25, 0.3) is 5.56 Å². The highest BCUT2D eigenvalue weighted by atomic mass is 16.5. The molecule has 0 spiro atoms. The number of unbranched alkanes of at least 4 members (excludes halogenated alkanes) is 1. The fraction of sp³-hybridized carbons (Fsp3) is 0.533. The SMILES string of the molecule is Cc1cc(CCCCn2c(=O)c3c(n(C)c2=O)NCN3C)no1. The van der Waals surface area contributed by atoms with Crippen LogP contribution in [0.1, 0.15) is 24.3 Å². The average molecular weight is 319 g/mol. The Morgan fingerprint density at radius 2 is 2.09 bits per heavy atom. The van der Waals surface area contributed by atoms with Gasteiger partial charge in [0, 0.05) is 26.7 Å². The molecule has 8 heteroatoms. The van der Waals surface area contributed by atoms with Gasteiger partial charge in [0.2, 0.25) is 0 Å². The van der Waals surface area contributed by atoms with E-state index in [2.05, 4.69) is 10.5 Å². The highest BCUT2D eigenvalue weighted by Crippen LogP contribution is 2.23. The first kappa shape index (κ1) is 15.4. The van der Waals surface area contributed by atoms with E-state index >= 15 is 0 Å². The van der Waals surface area contributed by atoms with Crippen LogP contribution in [0.3, 0.4) is 0 Å². The molecule has 3 heterocycles. The zero-order chi connectivity index (χ0) is 16.6. The maximum atomic E-state index is 12.6. The molecule has 0 saturated heterocycles. The van der Waals surface area contributed by atoms with Gasteiger partial charge in [0.1, 0.15) is 17.3 Å². The van der Waals surface area contributed by atoms with Crippen molar-refractivity contribution in [3.63, 3.8) is 0 Å². The largest absolute Gasteiger partial charge is 0.361 e.